The predicted octanol–water partition coefficient (Wildman–Crippen LogP) is 1.78. The summed E-state index contributed by atoms with van der Waals surface area (Å²) < 4.78 is 0. The molecule has 13 heavy (non-hydrogen) atoms. The quantitative estimate of drug-likeness (QED) is 0.516. The van der Waals surface area contributed by atoms with Gasteiger partial charge in [0.1, 0.15) is 0 Å². The molecule has 0 radical (unpaired) electrons. The number of nitrogens with one attached hydrogen (secondary N) is 1. The molecule has 0 spiro atoms. The first kappa shape index (κ1) is 7.60. The SMILES string of the molecule is O=[N+]([O-])c1c(O)[nH]c2ccccc12. The molecule has 0 aliphatic heterocycles. The molecule has 1 heterocycles. The molecular formula is C8H6N2O3. The number of aromatic nitrogens is 1. The van der Waals surface area contributed by atoms with Gasteiger partial charge in [-0.2, -0.15) is 0 Å². The van der Waals surface area contributed by atoms with Crippen LogP contribution in [0.15, 0.2) is 24.3 Å². The predicted molar refractivity (Wildman–Crippen MR) is 46.6 cm³/mol. The van der Waals surface area contributed by atoms with Crippen molar-refractivity contribution in [2.24, 2.45) is 0 Å². The summed E-state index contributed by atoms with van der Waals surface area (Å²) in [7, 11) is 0. The Balaban J connectivity index is 2.86. The zero-order valence-electron chi connectivity index (χ0n) is 6.52. The monoisotopic (exact) mass is 178 g/mol. The molecule has 5 nitrogen and oxygen atoms in total. The first-order valence-electron chi connectivity index (χ1n) is 3.64. The minimum absolute atomic E-state index is 0.268. The molecular weight excluding hydrogens is 172 g/mol. The van der Waals surface area contributed by atoms with Crippen LogP contribution >= 0.6 is 0 Å². The molecule has 2 aromatic rings. The maximum absolute atomic E-state index is 10.5. The van der Waals surface area contributed by atoms with E-state index in [1.807, 2.05) is 0 Å². The van der Waals surface area contributed by atoms with E-state index in [1.165, 1.54) is 0 Å². The smallest absolute Gasteiger partial charge is 0.337 e. The zero-order valence-corrected chi connectivity index (χ0v) is 6.52. The molecule has 0 saturated carbocycles. The second-order valence-electron chi connectivity index (χ2n) is 2.62. The molecule has 1 aromatic heterocycles. The number of H-pyrrole nitrogens is 1. The fourth-order valence-electron chi connectivity index (χ4n) is 1.30. The molecule has 0 unspecified atom stereocenters. The summed E-state index contributed by atoms with van der Waals surface area (Å²) in [5, 5.41) is 20.2. The van der Waals surface area contributed by atoms with Gasteiger partial charge in [-0.3, -0.25) is 10.1 Å². The number of hydrogen-bond acceptors (Lipinski definition) is 3. The van der Waals surface area contributed by atoms with E-state index in [0.29, 0.717) is 10.9 Å². The third kappa shape index (κ3) is 1.01. The Kier molecular flexibility index (Phi) is 1.45. The highest BCUT2D eigenvalue weighted by molar-refractivity contribution is 5.91. The van der Waals surface area contributed by atoms with Crippen LogP contribution in [0.3, 0.4) is 0 Å². The van der Waals surface area contributed by atoms with E-state index in [2.05, 4.69) is 4.98 Å². The maximum Gasteiger partial charge on any atom is 0.337 e. The lowest BCUT2D eigenvalue weighted by Gasteiger charge is -1.87. The Morgan fingerprint density at radius 1 is 1.38 bits per heavy atom. The molecule has 0 aliphatic carbocycles. The van der Waals surface area contributed by atoms with Crippen LogP contribution in [0.4, 0.5) is 5.69 Å². The Bertz CT molecular complexity index is 475. The van der Waals surface area contributed by atoms with Crippen LogP contribution in [0, 0.1) is 10.1 Å². The van der Waals surface area contributed by atoms with Gasteiger partial charge in [-0.1, -0.05) is 12.1 Å². The Morgan fingerprint density at radius 2 is 2.08 bits per heavy atom. The molecule has 66 valence electrons. The molecule has 2 N–H and O–H groups in total. The Hall–Kier alpha value is -2.04. The van der Waals surface area contributed by atoms with E-state index in [1.54, 1.807) is 24.3 Å². The summed E-state index contributed by atoms with van der Waals surface area (Å²) in [6.45, 7) is 0. The van der Waals surface area contributed by atoms with Crippen LogP contribution < -0.4 is 0 Å². The van der Waals surface area contributed by atoms with Crippen molar-refractivity contribution in [1.82, 2.24) is 4.98 Å². The standard InChI is InChI=1S/C8H6N2O3/c11-8-7(10(12)13)5-3-1-2-4-6(5)9-8/h1-4,9,11H. The number of aromatic hydroxyl groups is 1. The average molecular weight is 178 g/mol. The number of hydrogen-bond donors (Lipinski definition) is 2. The van der Waals surface area contributed by atoms with Crippen molar-refractivity contribution in [2.45, 2.75) is 0 Å². The second kappa shape index (κ2) is 2.48. The average Bonchev–Trinajstić information content (AvgIpc) is 2.39. The normalized spacial score (nSPS) is 10.5. The summed E-state index contributed by atoms with van der Waals surface area (Å²) in [5.74, 6) is -0.397. The summed E-state index contributed by atoms with van der Waals surface area (Å²) in [4.78, 5) is 12.4. The van der Waals surface area contributed by atoms with Gasteiger partial charge in [0.2, 0.25) is 0 Å². The first-order chi connectivity index (χ1) is 6.20. The van der Waals surface area contributed by atoms with Gasteiger partial charge in [0.15, 0.2) is 0 Å². The van der Waals surface area contributed by atoms with Crippen LogP contribution in [0.5, 0.6) is 5.88 Å². The lowest BCUT2D eigenvalue weighted by Crippen LogP contribution is -1.85. The van der Waals surface area contributed by atoms with Crippen LogP contribution in [-0.2, 0) is 0 Å². The molecule has 0 atom stereocenters. The van der Waals surface area contributed by atoms with Gasteiger partial charge in [-0.05, 0) is 12.1 Å². The van der Waals surface area contributed by atoms with Gasteiger partial charge in [-0.25, -0.2) is 0 Å². The Morgan fingerprint density at radius 3 is 2.77 bits per heavy atom. The van der Waals surface area contributed by atoms with Gasteiger partial charge < -0.3 is 10.1 Å². The lowest BCUT2D eigenvalue weighted by atomic mass is 10.2. The lowest BCUT2D eigenvalue weighted by molar-refractivity contribution is -0.384. The van der Waals surface area contributed by atoms with Gasteiger partial charge >= 0.3 is 5.69 Å². The number of benzene rings is 1. The molecule has 0 saturated heterocycles. The van der Waals surface area contributed by atoms with Crippen LogP contribution in [-0.4, -0.2) is 15.0 Å². The number of para-hydroxylation sites is 1. The van der Waals surface area contributed by atoms with Gasteiger partial charge in [0.25, 0.3) is 5.88 Å². The number of fused-ring (bicyclic) bond motifs is 1. The zero-order chi connectivity index (χ0) is 9.42. The third-order valence-electron chi connectivity index (χ3n) is 1.84. The first-order valence-corrected chi connectivity index (χ1v) is 3.64. The van der Waals surface area contributed by atoms with Crippen molar-refractivity contribution in [2.75, 3.05) is 0 Å². The van der Waals surface area contributed by atoms with Gasteiger partial charge in [0.05, 0.1) is 15.8 Å². The van der Waals surface area contributed by atoms with E-state index in [-0.39, 0.29) is 5.69 Å². The number of rotatable bonds is 1. The molecule has 2 rings (SSSR count). The van der Waals surface area contributed by atoms with Crippen molar-refractivity contribution in [1.29, 1.82) is 0 Å². The topological polar surface area (TPSA) is 79.2 Å². The minimum atomic E-state index is -0.603. The van der Waals surface area contributed by atoms with E-state index >= 15 is 0 Å². The van der Waals surface area contributed by atoms with Gasteiger partial charge in [0, 0.05) is 0 Å². The summed E-state index contributed by atoms with van der Waals surface area (Å²) in [6, 6.07) is 6.68. The van der Waals surface area contributed by atoms with E-state index < -0.39 is 10.8 Å². The van der Waals surface area contributed by atoms with Crippen LogP contribution in [0.2, 0.25) is 0 Å². The van der Waals surface area contributed by atoms with Crippen molar-refractivity contribution < 1.29 is 10.0 Å². The van der Waals surface area contributed by atoms with E-state index in [4.69, 9.17) is 0 Å². The number of nitrogens with zero attached hydrogens (tertiary/aromatic N) is 1. The second-order valence-corrected chi connectivity index (χ2v) is 2.62. The van der Waals surface area contributed by atoms with Crippen LogP contribution in [0.25, 0.3) is 10.9 Å². The Labute approximate surface area is 72.8 Å². The fraction of sp³-hybridized carbons (Fsp3) is 0. The summed E-state index contributed by atoms with van der Waals surface area (Å²) >= 11 is 0. The summed E-state index contributed by atoms with van der Waals surface area (Å²) in [6.07, 6.45) is 0. The molecule has 0 fully saturated rings. The molecule has 0 amide bonds. The number of nitro groups is 1. The van der Waals surface area contributed by atoms with Crippen molar-refractivity contribution in [3.63, 3.8) is 0 Å². The van der Waals surface area contributed by atoms with Crippen molar-refractivity contribution in [3.8, 4) is 5.88 Å². The molecule has 0 aliphatic rings. The molecule has 1 aromatic carbocycles. The fourth-order valence-corrected chi connectivity index (χ4v) is 1.30. The highest BCUT2D eigenvalue weighted by Crippen LogP contribution is 2.33. The maximum atomic E-state index is 10.5. The molecule has 5 heteroatoms. The third-order valence-corrected chi connectivity index (χ3v) is 1.84. The number of aromatic amines is 1. The van der Waals surface area contributed by atoms with Crippen molar-refractivity contribution in [3.05, 3.63) is 34.4 Å². The van der Waals surface area contributed by atoms with Crippen LogP contribution in [0.1, 0.15) is 0 Å². The van der Waals surface area contributed by atoms with E-state index in [0.717, 1.165) is 0 Å². The summed E-state index contributed by atoms with van der Waals surface area (Å²) in [5.41, 5.74) is 0.294. The highest BCUT2D eigenvalue weighted by Gasteiger charge is 2.20. The van der Waals surface area contributed by atoms with E-state index in [9.17, 15) is 15.2 Å². The van der Waals surface area contributed by atoms with Crippen molar-refractivity contribution >= 4 is 16.6 Å². The van der Waals surface area contributed by atoms with Gasteiger partial charge in [-0.15, -0.1) is 0 Å². The largest absolute Gasteiger partial charge is 0.490 e. The molecule has 0 bridgehead atoms. The highest BCUT2D eigenvalue weighted by atomic mass is 16.6. The minimum Gasteiger partial charge on any atom is -0.490 e.